The fourth-order valence-corrected chi connectivity index (χ4v) is 2.96. The molecule has 0 saturated heterocycles. The lowest BCUT2D eigenvalue weighted by atomic mass is 10.2. The molecule has 0 spiro atoms. The molecular weight excluding hydrogens is 326 g/mol. The van der Waals surface area contributed by atoms with Crippen molar-refractivity contribution in [2.75, 3.05) is 25.5 Å². The summed E-state index contributed by atoms with van der Waals surface area (Å²) < 4.78 is 5.14. The van der Waals surface area contributed by atoms with E-state index in [2.05, 4.69) is 10.3 Å². The number of thiazole rings is 1. The third-order valence-electron chi connectivity index (χ3n) is 3.59. The van der Waals surface area contributed by atoms with Crippen LogP contribution in [0.25, 0.3) is 0 Å². The van der Waals surface area contributed by atoms with Crippen molar-refractivity contribution in [1.29, 1.82) is 0 Å². The number of nitrogens with one attached hydrogen (secondary N) is 1. The maximum Gasteiger partial charge on any atom is 0.254 e. The van der Waals surface area contributed by atoms with Crippen molar-refractivity contribution in [3.63, 3.8) is 0 Å². The Bertz CT molecular complexity index is 723. The van der Waals surface area contributed by atoms with E-state index >= 15 is 0 Å². The van der Waals surface area contributed by atoms with Crippen molar-refractivity contribution < 1.29 is 14.3 Å². The Morgan fingerprint density at radius 2 is 2.08 bits per heavy atom. The quantitative estimate of drug-likeness (QED) is 0.872. The summed E-state index contributed by atoms with van der Waals surface area (Å²) in [6, 6.07) is 6.89. The highest BCUT2D eigenvalue weighted by molar-refractivity contribution is 7.15. The molecule has 0 bridgehead atoms. The van der Waals surface area contributed by atoms with Crippen LogP contribution in [0.1, 0.15) is 27.9 Å². The van der Waals surface area contributed by atoms with Crippen LogP contribution in [0.5, 0.6) is 5.75 Å². The molecule has 2 aromatic rings. The summed E-state index contributed by atoms with van der Waals surface area (Å²) in [6.07, 6.45) is 0. The summed E-state index contributed by atoms with van der Waals surface area (Å²) in [6.45, 7) is 6.09. The third kappa shape index (κ3) is 4.32. The van der Waals surface area contributed by atoms with E-state index in [-0.39, 0.29) is 18.4 Å². The first kappa shape index (κ1) is 17.9. The van der Waals surface area contributed by atoms with Crippen molar-refractivity contribution in [1.82, 2.24) is 9.88 Å². The van der Waals surface area contributed by atoms with E-state index in [0.29, 0.717) is 23.0 Å². The van der Waals surface area contributed by atoms with E-state index in [1.165, 1.54) is 16.2 Å². The zero-order chi connectivity index (χ0) is 17.7. The Labute approximate surface area is 145 Å². The number of carbonyl (C=O) groups is 2. The monoisotopic (exact) mass is 347 g/mol. The molecule has 0 fully saturated rings. The number of amides is 2. The van der Waals surface area contributed by atoms with Gasteiger partial charge in [-0.25, -0.2) is 4.98 Å². The number of rotatable bonds is 6. The molecule has 1 aromatic carbocycles. The second-order valence-corrected chi connectivity index (χ2v) is 6.46. The van der Waals surface area contributed by atoms with Gasteiger partial charge in [-0.3, -0.25) is 9.59 Å². The summed E-state index contributed by atoms with van der Waals surface area (Å²) >= 11 is 1.42. The lowest BCUT2D eigenvalue weighted by molar-refractivity contribution is -0.116. The van der Waals surface area contributed by atoms with Crippen molar-refractivity contribution >= 4 is 28.3 Å². The third-order valence-corrected chi connectivity index (χ3v) is 4.58. The Kier molecular flexibility index (Phi) is 5.92. The van der Waals surface area contributed by atoms with Gasteiger partial charge in [0.1, 0.15) is 12.3 Å². The summed E-state index contributed by atoms with van der Waals surface area (Å²) in [5, 5.41) is 3.30. The maximum atomic E-state index is 12.6. The van der Waals surface area contributed by atoms with Crippen molar-refractivity contribution in [3.05, 3.63) is 40.4 Å². The number of nitrogens with zero attached hydrogens (tertiary/aromatic N) is 2. The number of ether oxygens (including phenoxy) is 1. The molecule has 1 N–H and O–H groups in total. The Morgan fingerprint density at radius 1 is 1.33 bits per heavy atom. The first-order chi connectivity index (χ1) is 11.4. The first-order valence-corrected chi connectivity index (χ1v) is 8.43. The minimum Gasteiger partial charge on any atom is -0.497 e. The largest absolute Gasteiger partial charge is 0.497 e. The van der Waals surface area contributed by atoms with Gasteiger partial charge in [0, 0.05) is 17.0 Å². The molecule has 0 radical (unpaired) electrons. The van der Waals surface area contributed by atoms with Crippen molar-refractivity contribution in [3.8, 4) is 5.75 Å². The average Bonchev–Trinajstić information content (AvgIpc) is 2.89. The number of aryl methyl sites for hydroxylation is 2. The van der Waals surface area contributed by atoms with Gasteiger partial charge in [-0.1, -0.05) is 6.07 Å². The maximum absolute atomic E-state index is 12.6. The van der Waals surface area contributed by atoms with Crippen molar-refractivity contribution in [2.45, 2.75) is 20.8 Å². The van der Waals surface area contributed by atoms with Crippen LogP contribution in [0.4, 0.5) is 5.13 Å². The van der Waals surface area contributed by atoms with Gasteiger partial charge in [-0.05, 0) is 39.0 Å². The summed E-state index contributed by atoms with van der Waals surface area (Å²) in [4.78, 5) is 31.6. The second kappa shape index (κ2) is 7.92. The fourth-order valence-electron chi connectivity index (χ4n) is 2.12. The number of anilines is 1. The SMILES string of the molecule is CCN(CC(=O)Nc1nc(C)c(C)s1)C(=O)c1cccc(OC)c1. The van der Waals surface area contributed by atoms with Crippen LogP contribution in [-0.2, 0) is 4.79 Å². The number of aromatic nitrogens is 1. The van der Waals surface area contributed by atoms with Crippen LogP contribution >= 0.6 is 11.3 Å². The molecule has 2 rings (SSSR count). The average molecular weight is 347 g/mol. The Balaban J connectivity index is 2.04. The summed E-state index contributed by atoms with van der Waals surface area (Å²) in [5.74, 6) is 0.134. The number of methoxy groups -OCH3 is 1. The molecule has 2 amide bonds. The van der Waals surface area contributed by atoms with Crippen LogP contribution in [0.15, 0.2) is 24.3 Å². The van der Waals surface area contributed by atoms with E-state index in [4.69, 9.17) is 4.74 Å². The molecule has 0 unspecified atom stereocenters. The number of benzene rings is 1. The van der Waals surface area contributed by atoms with Crippen LogP contribution in [-0.4, -0.2) is 41.9 Å². The minimum atomic E-state index is -0.262. The molecule has 0 atom stereocenters. The molecule has 1 aromatic heterocycles. The number of carbonyl (C=O) groups excluding carboxylic acids is 2. The second-order valence-electron chi connectivity index (χ2n) is 5.26. The van der Waals surface area contributed by atoms with E-state index in [9.17, 15) is 9.59 Å². The number of hydrogen-bond donors (Lipinski definition) is 1. The molecule has 7 heteroatoms. The molecule has 6 nitrogen and oxygen atoms in total. The lowest BCUT2D eigenvalue weighted by Gasteiger charge is -2.20. The molecule has 128 valence electrons. The van der Waals surface area contributed by atoms with Crippen LogP contribution < -0.4 is 10.1 Å². The molecule has 0 saturated carbocycles. The van der Waals surface area contributed by atoms with Gasteiger partial charge in [0.15, 0.2) is 5.13 Å². The molecule has 24 heavy (non-hydrogen) atoms. The Hall–Kier alpha value is -2.41. The van der Waals surface area contributed by atoms with Crippen LogP contribution in [0, 0.1) is 13.8 Å². The normalized spacial score (nSPS) is 10.3. The Morgan fingerprint density at radius 3 is 2.67 bits per heavy atom. The summed E-state index contributed by atoms with van der Waals surface area (Å²) in [5.41, 5.74) is 1.39. The van der Waals surface area contributed by atoms with Crippen LogP contribution in [0.3, 0.4) is 0 Å². The standard InChI is InChI=1S/C17H21N3O3S/c1-5-20(16(22)13-7-6-8-14(9-13)23-4)10-15(21)19-17-18-11(2)12(3)24-17/h6-9H,5,10H2,1-4H3,(H,18,19,21). The minimum absolute atomic E-state index is 0.0236. The lowest BCUT2D eigenvalue weighted by Crippen LogP contribution is -2.37. The number of hydrogen-bond acceptors (Lipinski definition) is 5. The first-order valence-electron chi connectivity index (χ1n) is 7.61. The van der Waals surface area contributed by atoms with Gasteiger partial charge >= 0.3 is 0 Å². The predicted molar refractivity (Wildman–Crippen MR) is 94.8 cm³/mol. The van der Waals surface area contributed by atoms with Gasteiger partial charge in [-0.15, -0.1) is 11.3 Å². The van der Waals surface area contributed by atoms with E-state index in [1.807, 2.05) is 20.8 Å². The van der Waals surface area contributed by atoms with Gasteiger partial charge in [0.2, 0.25) is 5.91 Å². The fraction of sp³-hybridized carbons (Fsp3) is 0.353. The molecule has 0 aliphatic rings. The van der Waals surface area contributed by atoms with Gasteiger partial charge < -0.3 is 15.0 Å². The molecule has 0 aliphatic carbocycles. The topological polar surface area (TPSA) is 71.5 Å². The van der Waals surface area contributed by atoms with Crippen molar-refractivity contribution in [2.24, 2.45) is 0 Å². The zero-order valence-electron chi connectivity index (χ0n) is 14.3. The zero-order valence-corrected chi connectivity index (χ0v) is 15.1. The smallest absolute Gasteiger partial charge is 0.254 e. The summed E-state index contributed by atoms with van der Waals surface area (Å²) in [7, 11) is 1.55. The highest BCUT2D eigenvalue weighted by atomic mass is 32.1. The molecular formula is C17H21N3O3S. The van der Waals surface area contributed by atoms with Gasteiger partial charge in [-0.2, -0.15) is 0 Å². The number of likely N-dealkylation sites (N-methyl/N-ethyl adjacent to an activating group) is 1. The molecule has 1 heterocycles. The van der Waals surface area contributed by atoms with Gasteiger partial charge in [0.25, 0.3) is 5.91 Å². The van der Waals surface area contributed by atoms with Gasteiger partial charge in [0.05, 0.1) is 12.8 Å². The van der Waals surface area contributed by atoms with E-state index in [1.54, 1.807) is 31.4 Å². The van der Waals surface area contributed by atoms with E-state index in [0.717, 1.165) is 10.6 Å². The van der Waals surface area contributed by atoms with E-state index < -0.39 is 0 Å². The molecule has 0 aliphatic heterocycles. The predicted octanol–water partition coefficient (Wildman–Crippen LogP) is 2.87. The highest BCUT2D eigenvalue weighted by Crippen LogP contribution is 2.21. The van der Waals surface area contributed by atoms with Crippen LogP contribution in [0.2, 0.25) is 0 Å². The highest BCUT2D eigenvalue weighted by Gasteiger charge is 2.18.